The number of carbonyl (C=O) groups is 1. The van der Waals surface area contributed by atoms with Crippen molar-refractivity contribution >= 4 is 33.1 Å². The van der Waals surface area contributed by atoms with Crippen LogP contribution in [0.3, 0.4) is 0 Å². The van der Waals surface area contributed by atoms with Crippen molar-refractivity contribution in [2.45, 2.75) is 19.9 Å². The fourth-order valence-electron chi connectivity index (χ4n) is 2.21. The molecule has 0 aliphatic heterocycles. The molecule has 1 aromatic heterocycles. The number of fused-ring (bicyclic) bond motifs is 1. The van der Waals surface area contributed by atoms with Crippen LogP contribution in [0.15, 0.2) is 36.4 Å². The molecule has 4 nitrogen and oxygen atoms in total. The molecule has 0 saturated carbocycles. The lowest BCUT2D eigenvalue weighted by Crippen LogP contribution is -2.32. The van der Waals surface area contributed by atoms with Crippen LogP contribution in [-0.2, 0) is 4.79 Å². The van der Waals surface area contributed by atoms with Gasteiger partial charge < -0.3 is 11.1 Å². The summed E-state index contributed by atoms with van der Waals surface area (Å²) in [5.74, 6) is -0.518. The summed E-state index contributed by atoms with van der Waals surface area (Å²) in [6.07, 6.45) is 0. The van der Waals surface area contributed by atoms with Crippen LogP contribution >= 0.6 is 11.3 Å². The fourth-order valence-corrected chi connectivity index (χ4v) is 3.15. The number of carbonyl (C=O) groups excluding carboxylic acids is 1. The Morgan fingerprint density at radius 1 is 1.30 bits per heavy atom. The van der Waals surface area contributed by atoms with Crippen molar-refractivity contribution in [3.63, 3.8) is 0 Å². The molecular weight excluding hydrogens is 313 g/mol. The second-order valence-corrected chi connectivity index (χ2v) is 6.47. The predicted octanol–water partition coefficient (Wildman–Crippen LogP) is 3.70. The Kier molecular flexibility index (Phi) is 4.11. The zero-order valence-electron chi connectivity index (χ0n) is 12.8. The fraction of sp³-hybridized carbons (Fsp3) is 0.176. The number of halogens is 1. The first-order chi connectivity index (χ1) is 10.9. The van der Waals surface area contributed by atoms with Gasteiger partial charge in [0.25, 0.3) is 0 Å². The highest BCUT2D eigenvalue weighted by Gasteiger charge is 2.11. The number of thiazole rings is 1. The van der Waals surface area contributed by atoms with Gasteiger partial charge in [0.2, 0.25) is 5.91 Å². The number of anilines is 1. The number of nitrogens with one attached hydrogen (secondary N) is 1. The first-order valence-electron chi connectivity index (χ1n) is 7.17. The minimum absolute atomic E-state index is 0.226. The molecule has 0 fully saturated rings. The molecule has 0 radical (unpaired) electrons. The molecular formula is C17H16FN3OS. The summed E-state index contributed by atoms with van der Waals surface area (Å²) in [7, 11) is 0. The maximum Gasteiger partial charge on any atom is 0.241 e. The van der Waals surface area contributed by atoms with E-state index in [2.05, 4.69) is 10.3 Å². The van der Waals surface area contributed by atoms with Crippen LogP contribution in [0.2, 0.25) is 0 Å². The minimum Gasteiger partial charge on any atom is -0.325 e. The molecule has 3 aromatic rings. The summed E-state index contributed by atoms with van der Waals surface area (Å²) in [5, 5.41) is 3.61. The highest BCUT2D eigenvalue weighted by Crippen LogP contribution is 2.32. The van der Waals surface area contributed by atoms with Crippen LogP contribution in [0, 0.1) is 12.7 Å². The quantitative estimate of drug-likeness (QED) is 0.770. The van der Waals surface area contributed by atoms with Gasteiger partial charge in [-0.2, -0.15) is 0 Å². The van der Waals surface area contributed by atoms with E-state index in [1.54, 1.807) is 13.0 Å². The molecule has 0 bridgehead atoms. The number of rotatable bonds is 3. The Hall–Kier alpha value is -2.31. The van der Waals surface area contributed by atoms with Crippen molar-refractivity contribution in [3.8, 4) is 10.6 Å². The lowest BCUT2D eigenvalue weighted by molar-refractivity contribution is -0.117. The molecule has 3 rings (SSSR count). The van der Waals surface area contributed by atoms with E-state index in [9.17, 15) is 9.18 Å². The Morgan fingerprint density at radius 3 is 2.78 bits per heavy atom. The topological polar surface area (TPSA) is 68.0 Å². The molecule has 0 saturated heterocycles. The molecule has 2 aromatic carbocycles. The highest BCUT2D eigenvalue weighted by molar-refractivity contribution is 7.21. The summed E-state index contributed by atoms with van der Waals surface area (Å²) in [4.78, 5) is 16.2. The third-order valence-corrected chi connectivity index (χ3v) is 4.58. The number of nitrogens with zero attached hydrogens (tertiary/aromatic N) is 1. The highest BCUT2D eigenvalue weighted by atomic mass is 32.1. The third kappa shape index (κ3) is 3.23. The monoisotopic (exact) mass is 329 g/mol. The predicted molar refractivity (Wildman–Crippen MR) is 92.0 cm³/mol. The lowest BCUT2D eigenvalue weighted by atomic mass is 10.1. The molecule has 0 spiro atoms. The second-order valence-electron chi connectivity index (χ2n) is 5.44. The van der Waals surface area contributed by atoms with E-state index in [-0.39, 0.29) is 11.7 Å². The van der Waals surface area contributed by atoms with E-state index in [0.717, 1.165) is 26.5 Å². The van der Waals surface area contributed by atoms with Crippen LogP contribution < -0.4 is 11.1 Å². The average molecular weight is 329 g/mol. The zero-order valence-corrected chi connectivity index (χ0v) is 13.6. The average Bonchev–Trinajstić information content (AvgIpc) is 2.92. The van der Waals surface area contributed by atoms with Crippen molar-refractivity contribution in [1.29, 1.82) is 0 Å². The smallest absolute Gasteiger partial charge is 0.241 e. The summed E-state index contributed by atoms with van der Waals surface area (Å²) < 4.78 is 14.2. The van der Waals surface area contributed by atoms with Gasteiger partial charge in [-0.3, -0.25) is 4.79 Å². The van der Waals surface area contributed by atoms with Crippen molar-refractivity contribution < 1.29 is 9.18 Å². The van der Waals surface area contributed by atoms with E-state index < -0.39 is 6.04 Å². The van der Waals surface area contributed by atoms with Gasteiger partial charge in [0.05, 0.1) is 16.3 Å². The number of nitrogens with two attached hydrogens (primary N) is 1. The Bertz CT molecular complexity index is 889. The number of hydrogen-bond acceptors (Lipinski definition) is 4. The largest absolute Gasteiger partial charge is 0.325 e. The van der Waals surface area contributed by atoms with Crippen molar-refractivity contribution in [3.05, 3.63) is 47.8 Å². The van der Waals surface area contributed by atoms with Crippen LogP contribution in [0.4, 0.5) is 10.1 Å². The Morgan fingerprint density at radius 2 is 2.09 bits per heavy atom. The van der Waals surface area contributed by atoms with Gasteiger partial charge in [0.15, 0.2) is 0 Å². The van der Waals surface area contributed by atoms with Gasteiger partial charge in [-0.05, 0) is 49.7 Å². The molecule has 6 heteroatoms. The SMILES string of the molecule is Cc1cc(-c2nc3cc(F)ccc3s2)ccc1NC(=O)[C@H](C)N. The minimum atomic E-state index is -0.562. The van der Waals surface area contributed by atoms with Gasteiger partial charge in [-0.1, -0.05) is 0 Å². The first-order valence-corrected chi connectivity index (χ1v) is 7.99. The molecule has 23 heavy (non-hydrogen) atoms. The van der Waals surface area contributed by atoms with Crippen LogP contribution in [0.1, 0.15) is 12.5 Å². The number of amides is 1. The van der Waals surface area contributed by atoms with Gasteiger partial charge in [-0.25, -0.2) is 9.37 Å². The summed E-state index contributed by atoms with van der Waals surface area (Å²) in [6.45, 7) is 3.55. The number of aromatic nitrogens is 1. The summed E-state index contributed by atoms with van der Waals surface area (Å²) >= 11 is 1.51. The molecule has 0 unspecified atom stereocenters. The van der Waals surface area contributed by atoms with Crippen LogP contribution in [0.5, 0.6) is 0 Å². The van der Waals surface area contributed by atoms with Gasteiger partial charge >= 0.3 is 0 Å². The molecule has 3 N–H and O–H groups in total. The number of hydrogen-bond donors (Lipinski definition) is 2. The maximum absolute atomic E-state index is 13.3. The van der Waals surface area contributed by atoms with Gasteiger partial charge in [0.1, 0.15) is 10.8 Å². The van der Waals surface area contributed by atoms with E-state index in [4.69, 9.17) is 5.73 Å². The van der Waals surface area contributed by atoms with Gasteiger partial charge in [-0.15, -0.1) is 11.3 Å². The third-order valence-electron chi connectivity index (χ3n) is 3.49. The van der Waals surface area contributed by atoms with Crippen molar-refractivity contribution in [1.82, 2.24) is 4.98 Å². The molecule has 1 heterocycles. The van der Waals surface area contributed by atoms with E-state index >= 15 is 0 Å². The van der Waals surface area contributed by atoms with E-state index in [1.807, 2.05) is 25.1 Å². The first kappa shape index (κ1) is 15.6. The number of benzene rings is 2. The van der Waals surface area contributed by atoms with Crippen molar-refractivity contribution in [2.75, 3.05) is 5.32 Å². The summed E-state index contributed by atoms with van der Waals surface area (Å²) in [6, 6.07) is 9.70. The standard InChI is InChI=1S/C17H16FN3OS/c1-9-7-11(3-5-13(9)20-16(22)10(2)19)17-21-14-8-12(18)4-6-15(14)23-17/h3-8,10H,19H2,1-2H3,(H,20,22)/t10-/m0/s1. The van der Waals surface area contributed by atoms with Crippen LogP contribution in [0.25, 0.3) is 20.8 Å². The van der Waals surface area contributed by atoms with E-state index in [1.165, 1.54) is 23.5 Å². The Balaban J connectivity index is 1.93. The van der Waals surface area contributed by atoms with E-state index in [0.29, 0.717) is 5.52 Å². The summed E-state index contributed by atoms with van der Waals surface area (Å²) in [5.41, 5.74) is 8.79. The van der Waals surface area contributed by atoms with Gasteiger partial charge in [0, 0.05) is 17.3 Å². The van der Waals surface area contributed by atoms with Crippen molar-refractivity contribution in [2.24, 2.45) is 5.73 Å². The normalized spacial score (nSPS) is 12.3. The molecule has 1 atom stereocenters. The zero-order chi connectivity index (χ0) is 16.6. The lowest BCUT2D eigenvalue weighted by Gasteiger charge is -2.11. The number of aryl methyl sites for hydroxylation is 1. The molecule has 1 amide bonds. The van der Waals surface area contributed by atoms with Crippen LogP contribution in [-0.4, -0.2) is 16.9 Å². The maximum atomic E-state index is 13.3. The molecule has 118 valence electrons. The molecule has 0 aliphatic carbocycles. The Labute approximate surface area is 137 Å². The second kappa shape index (κ2) is 6.06. The molecule has 0 aliphatic rings.